The second-order valence-corrected chi connectivity index (χ2v) is 43.9. The second kappa shape index (κ2) is 73.4. The van der Waals surface area contributed by atoms with Crippen LogP contribution in [0.2, 0.25) is 0 Å². The van der Waals surface area contributed by atoms with Crippen molar-refractivity contribution in [1.29, 1.82) is 0 Å². The molecule has 3 heterocycles. The van der Waals surface area contributed by atoms with E-state index in [0.29, 0.717) is 139 Å². The van der Waals surface area contributed by atoms with E-state index >= 15 is 0 Å². The lowest BCUT2D eigenvalue weighted by Gasteiger charge is -2.24. The molecule has 754 valence electrons. The Balaban J connectivity index is 0.000000182. The van der Waals surface area contributed by atoms with E-state index in [1.54, 1.807) is 13.2 Å². The predicted molar refractivity (Wildman–Crippen MR) is 591 cm³/mol. The Bertz CT molecular complexity index is 4670. The highest BCUT2D eigenvalue weighted by Gasteiger charge is 2.33. The Morgan fingerprint density at radius 3 is 0.881 bits per heavy atom. The van der Waals surface area contributed by atoms with Crippen molar-refractivity contribution >= 4 is 76.9 Å². The minimum atomic E-state index is -0.809. The lowest BCUT2D eigenvalue weighted by Crippen LogP contribution is -2.37. The number of ketones is 1. The Morgan fingerprint density at radius 1 is 0.392 bits per heavy atom. The number of likely N-dealkylation sites (N-methyl/N-ethyl adjacent to an activating group) is 1. The highest BCUT2D eigenvalue weighted by Crippen LogP contribution is 2.37. The molecule has 3 aliphatic heterocycles. The molecule has 1 aliphatic carbocycles. The molecule has 2 saturated heterocycles. The minimum Gasteiger partial charge on any atom is -0.690 e. The van der Waals surface area contributed by atoms with E-state index in [1.165, 1.54) is 126 Å². The van der Waals surface area contributed by atoms with Gasteiger partial charge in [-0.1, -0.05) is 294 Å². The number of nitrogens with zero attached hydrogens (tertiary/aromatic N) is 2. The van der Waals surface area contributed by atoms with Gasteiger partial charge in [-0.15, -0.1) is 4.99 Å². The molecule has 143 heavy (non-hydrogen) atoms. The number of Topliss-reactive ketones (excluding diaryl/α,β-unsaturated/α-hetero) is 1. The van der Waals surface area contributed by atoms with Gasteiger partial charge in [0.2, 0.25) is 5.78 Å². The van der Waals surface area contributed by atoms with Gasteiger partial charge in [-0.05, 0) is 216 Å². The number of ether oxygens (including phenoxy) is 8. The molecule has 18 rings (SSSR count). The van der Waals surface area contributed by atoms with Crippen molar-refractivity contribution in [3.05, 3.63) is 430 Å². The second-order valence-electron chi connectivity index (χ2n) is 32.3. The fourth-order valence-corrected chi connectivity index (χ4v) is 25.2. The first kappa shape index (κ1) is 116. The fraction of sp³-hybridized carbons (Fsp3) is 0.267. The van der Waals surface area contributed by atoms with Gasteiger partial charge < -0.3 is 62.8 Å². The van der Waals surface area contributed by atoms with E-state index in [2.05, 4.69) is 393 Å². The normalized spacial score (nSPS) is 14.2. The van der Waals surface area contributed by atoms with Crippen LogP contribution in [0, 0.1) is 5.92 Å². The molecular formula is C120H142N2O15S6+4. The van der Waals surface area contributed by atoms with Crippen molar-refractivity contribution < 1.29 is 72.7 Å². The summed E-state index contributed by atoms with van der Waals surface area (Å²) in [4.78, 5) is 34.2. The number of hydrogen-bond donors (Lipinski definition) is 3. The summed E-state index contributed by atoms with van der Waals surface area (Å²) in [5.74, 6) is 9.91. The van der Waals surface area contributed by atoms with Gasteiger partial charge in [0, 0.05) is 24.7 Å². The molecule has 4 aliphatic rings. The van der Waals surface area contributed by atoms with Crippen molar-refractivity contribution in [2.24, 2.45) is 5.92 Å². The smallest absolute Gasteiger partial charge is 0.211 e. The summed E-state index contributed by atoms with van der Waals surface area (Å²) < 4.78 is 51.5. The molecule has 0 radical (unpaired) electrons. The average molecular weight is 2040 g/mol. The third-order valence-electron chi connectivity index (χ3n) is 21.7. The van der Waals surface area contributed by atoms with Crippen LogP contribution in [0.4, 0.5) is 0 Å². The van der Waals surface area contributed by atoms with Gasteiger partial charge in [0.25, 0.3) is 0 Å². The van der Waals surface area contributed by atoms with Crippen molar-refractivity contribution in [2.75, 3.05) is 150 Å². The van der Waals surface area contributed by atoms with Gasteiger partial charge in [0.1, 0.15) is 30.5 Å². The molecule has 1 unspecified atom stereocenters. The van der Waals surface area contributed by atoms with Crippen LogP contribution in [0.1, 0.15) is 62.2 Å². The number of carbonyl (C=O) groups is 1. The van der Waals surface area contributed by atoms with E-state index in [9.17, 15) is 10.1 Å². The van der Waals surface area contributed by atoms with Gasteiger partial charge in [-0.25, -0.2) is 0 Å². The molecule has 0 amide bonds. The molecule has 1 saturated carbocycles. The fourth-order valence-electron chi connectivity index (χ4n) is 14.5. The molecule has 1 atom stereocenters. The summed E-state index contributed by atoms with van der Waals surface area (Å²) in [6, 6.07) is 144. The molecule has 0 aromatic heterocycles. The van der Waals surface area contributed by atoms with Crippen molar-refractivity contribution in [1.82, 2.24) is 9.96 Å². The van der Waals surface area contributed by atoms with Crippen molar-refractivity contribution in [3.63, 3.8) is 0 Å². The van der Waals surface area contributed by atoms with Crippen LogP contribution >= 0.6 is 10.8 Å². The Labute approximate surface area is 866 Å². The average Bonchev–Trinajstić information content (AvgIpc) is 0.847. The largest absolute Gasteiger partial charge is 0.690 e. The predicted octanol–water partition coefficient (Wildman–Crippen LogP) is 24.2. The van der Waals surface area contributed by atoms with Crippen LogP contribution in [0.15, 0.2) is 483 Å². The maximum Gasteiger partial charge on any atom is 0.211 e. The number of morpholine rings is 1. The third kappa shape index (κ3) is 46.5. The zero-order valence-electron chi connectivity index (χ0n) is 82.7. The van der Waals surface area contributed by atoms with Crippen LogP contribution in [0.3, 0.4) is 0 Å². The Kier molecular flexibility index (Phi) is 59.5. The first-order valence-corrected chi connectivity index (χ1v) is 56.6. The highest BCUT2D eigenvalue weighted by atomic mass is 32.2. The Hall–Kier alpha value is -10.7. The molecule has 3 fully saturated rings. The molecule has 14 aromatic carbocycles. The maximum atomic E-state index is 11.8. The zero-order chi connectivity index (χ0) is 101. The monoisotopic (exact) mass is 2040 g/mol. The van der Waals surface area contributed by atoms with Crippen LogP contribution in [-0.2, 0) is 88.2 Å². The van der Waals surface area contributed by atoms with E-state index in [4.69, 9.17) is 52.7 Å². The highest BCUT2D eigenvalue weighted by molar-refractivity contribution is 8.11. The van der Waals surface area contributed by atoms with Crippen LogP contribution < -0.4 is 19.5 Å². The number of benzene rings is 14. The quantitative estimate of drug-likeness (QED) is 0.0179. The first-order valence-electron chi connectivity index (χ1n) is 48.6. The lowest BCUT2D eigenvalue weighted by molar-refractivity contribution is -0.827. The van der Waals surface area contributed by atoms with Crippen LogP contribution in [0.25, 0.3) is 0 Å². The van der Waals surface area contributed by atoms with E-state index in [-0.39, 0.29) is 56.8 Å². The first-order chi connectivity index (χ1) is 70.5. The van der Waals surface area contributed by atoms with Crippen molar-refractivity contribution in [3.8, 4) is 17.2 Å². The Morgan fingerprint density at radius 2 is 0.643 bits per heavy atom. The SMILES string of the molecule is C=CS(=C)O.CC1CCCCC1.CN(CCO)CCO.COc1ccc2c(c1)OCCOCCOCCOCCOCCO2.O=C(C[S+]1CCCC1)c1ccccc1.[O-]OON1CCOCC1.c1ccc([S+](c2ccccc2)c2ccccc2)cc1.c1ccc([S+](c2ccccc2)c2ccccc2)cc1.c1ccc([S+](c2ccccc2)c2ccccc2)cc1.c1ccc([S+](c2ccccc2)c2ccccc2)cc1. The number of hydroxylamine groups is 2. The topological polar surface area (TPSA) is 200 Å². The van der Waals surface area contributed by atoms with Gasteiger partial charge in [0.15, 0.2) is 76.0 Å². The summed E-state index contributed by atoms with van der Waals surface area (Å²) in [5, 5.41) is 32.1. The van der Waals surface area contributed by atoms with Gasteiger partial charge in [-0.3, -0.25) is 9.83 Å². The zero-order valence-corrected chi connectivity index (χ0v) is 87.6. The van der Waals surface area contributed by atoms with Crippen molar-refractivity contribution in [2.45, 2.75) is 111 Å². The molecule has 0 bridgehead atoms. The van der Waals surface area contributed by atoms with Crippen LogP contribution in [-0.4, -0.2) is 186 Å². The summed E-state index contributed by atoms with van der Waals surface area (Å²) in [5.41, 5.74) is 0.881. The van der Waals surface area contributed by atoms with E-state index in [0.717, 1.165) is 17.2 Å². The van der Waals surface area contributed by atoms with Gasteiger partial charge in [-0.2, -0.15) is 5.06 Å². The van der Waals surface area contributed by atoms with E-state index in [1.807, 2.05) is 54.4 Å². The van der Waals surface area contributed by atoms with E-state index < -0.39 is 10.8 Å². The lowest BCUT2D eigenvalue weighted by atomic mass is 9.91. The third-order valence-corrected chi connectivity index (χ3v) is 33.4. The number of carbonyl (C=O) groups excluding carboxylic acids is 1. The number of aliphatic hydroxyl groups excluding tert-OH is 2. The molecule has 3 N–H and O–H groups in total. The summed E-state index contributed by atoms with van der Waals surface area (Å²) in [6.45, 7) is 14.6. The maximum absolute atomic E-state index is 11.8. The molecule has 17 nitrogen and oxygen atoms in total. The standard InChI is InChI=1S/4C18H15S.C17H26O7.C12H15OS.C7H14.C5H13NO2.C4H9NO4.C3H6OS/c4*1-4-10-16(11-5-1)19(17-12-6-2-7-13-17)18-14-8-3-9-15-18;1-18-15-2-3-16-17(14-15)24-13-11-22-9-7-20-5-4-19-6-8-21-10-12-23-16;13-12(10-14-8-4-5-9-14)11-6-2-1-3-7-11;1-7-5-3-2-4-6-7;1-6(2-4-7)3-5-8;6-9-8-5-1-3-7-4-2-5;1-3-5(2)4/h4*1-15H;2-3,14H,4-13H2,1H3;1-3,6-7H,4-5,8-10H2;7H,2-6H2,1H3;7-8H,2-5H2,1H3;6H,1-4H2;3-4H,1-2H2/q4*+1;;+1;;;;/p-1. The van der Waals surface area contributed by atoms with Gasteiger partial charge >= 0.3 is 0 Å². The van der Waals surface area contributed by atoms with Crippen LogP contribution in [0.5, 0.6) is 17.2 Å². The molecular weight excluding hydrogens is 1900 g/mol. The summed E-state index contributed by atoms with van der Waals surface area (Å²) >= 11 is 0. The summed E-state index contributed by atoms with van der Waals surface area (Å²) in [7, 11) is 2.99. The van der Waals surface area contributed by atoms with Gasteiger partial charge in [0.05, 0.1) is 143 Å². The molecule has 0 spiro atoms. The summed E-state index contributed by atoms with van der Waals surface area (Å²) in [6.07, 6.45) is 10.1. The number of hydrogen-bond acceptors (Lipinski definition) is 17. The molecule has 23 heteroatoms. The molecule has 14 aromatic rings. The number of rotatable bonds is 23. The number of fused-ring (bicyclic) bond motifs is 1. The number of methoxy groups -OCH3 is 1. The minimum absolute atomic E-state index is 0.0146. The number of aliphatic hydroxyl groups is 2.